The average molecular weight is 333 g/mol. The van der Waals surface area contributed by atoms with Crippen molar-refractivity contribution in [1.29, 1.82) is 0 Å². The number of hydrogen-bond acceptors (Lipinski definition) is 5. The van der Waals surface area contributed by atoms with Crippen LogP contribution < -0.4 is 9.47 Å². The van der Waals surface area contributed by atoms with Crippen molar-refractivity contribution in [2.24, 2.45) is 0 Å². The molecule has 2 aliphatic heterocycles. The first-order valence-corrected chi connectivity index (χ1v) is 8.17. The Labute approximate surface area is 141 Å². The molecule has 0 saturated carbocycles. The second kappa shape index (κ2) is 7.68. The minimum atomic E-state index is -0.217. The highest BCUT2D eigenvalue weighted by Crippen LogP contribution is 2.32. The fourth-order valence-corrected chi connectivity index (χ4v) is 2.91. The first-order chi connectivity index (χ1) is 11.7. The topological polar surface area (TPSA) is 57.2 Å². The van der Waals surface area contributed by atoms with Gasteiger partial charge in [-0.3, -0.25) is 4.79 Å². The van der Waals surface area contributed by atoms with Crippen molar-refractivity contribution in [2.75, 3.05) is 34.0 Å². The molecular formula is C18H23NO5. The van der Waals surface area contributed by atoms with Crippen LogP contribution in [0.15, 0.2) is 18.3 Å². The average Bonchev–Trinajstić information content (AvgIpc) is 2.77. The maximum absolute atomic E-state index is 12.5. The van der Waals surface area contributed by atoms with E-state index in [1.165, 1.54) is 0 Å². The fourth-order valence-electron chi connectivity index (χ4n) is 2.91. The van der Waals surface area contributed by atoms with Gasteiger partial charge >= 0.3 is 0 Å². The van der Waals surface area contributed by atoms with Crippen LogP contribution in [0.3, 0.4) is 0 Å². The molecule has 1 aromatic carbocycles. The Morgan fingerprint density at radius 1 is 1.17 bits per heavy atom. The van der Waals surface area contributed by atoms with Gasteiger partial charge < -0.3 is 23.8 Å². The maximum atomic E-state index is 12.5. The van der Waals surface area contributed by atoms with Crippen molar-refractivity contribution in [3.05, 3.63) is 29.5 Å². The molecule has 1 aromatic rings. The highest BCUT2D eigenvalue weighted by atomic mass is 16.7. The maximum Gasteiger partial charge on any atom is 0.230 e. The Hall–Kier alpha value is -2.05. The SMILES string of the molecule is COc1cc2c(cc1OC)CC(=O)N(CCC1OCCCO1)C=C2. The summed E-state index contributed by atoms with van der Waals surface area (Å²) in [6, 6.07) is 3.77. The number of benzene rings is 1. The molecule has 2 heterocycles. The molecule has 2 aliphatic rings. The Bertz CT molecular complexity index is 622. The molecule has 3 rings (SSSR count). The van der Waals surface area contributed by atoms with Crippen LogP contribution in [0, 0.1) is 0 Å². The van der Waals surface area contributed by atoms with Crippen molar-refractivity contribution in [1.82, 2.24) is 4.90 Å². The lowest BCUT2D eigenvalue weighted by atomic mass is 10.0. The first-order valence-electron chi connectivity index (χ1n) is 8.17. The summed E-state index contributed by atoms with van der Waals surface area (Å²) in [5.74, 6) is 1.34. The van der Waals surface area contributed by atoms with Crippen LogP contribution in [-0.2, 0) is 20.7 Å². The van der Waals surface area contributed by atoms with E-state index < -0.39 is 0 Å². The zero-order valence-corrected chi connectivity index (χ0v) is 14.1. The van der Waals surface area contributed by atoms with Gasteiger partial charge in [-0.2, -0.15) is 0 Å². The van der Waals surface area contributed by atoms with Crippen LogP contribution in [0.4, 0.5) is 0 Å². The lowest BCUT2D eigenvalue weighted by molar-refractivity contribution is -0.182. The smallest absolute Gasteiger partial charge is 0.230 e. The van der Waals surface area contributed by atoms with E-state index in [2.05, 4.69) is 0 Å². The van der Waals surface area contributed by atoms with Crippen LogP contribution in [0.2, 0.25) is 0 Å². The molecule has 0 N–H and O–H groups in total. The van der Waals surface area contributed by atoms with E-state index in [9.17, 15) is 4.79 Å². The van der Waals surface area contributed by atoms with Gasteiger partial charge in [-0.25, -0.2) is 0 Å². The summed E-state index contributed by atoms with van der Waals surface area (Å²) < 4.78 is 21.7. The number of hydrogen-bond donors (Lipinski definition) is 0. The predicted octanol–water partition coefficient (Wildman–Crippen LogP) is 2.21. The quantitative estimate of drug-likeness (QED) is 0.827. The van der Waals surface area contributed by atoms with E-state index in [1.54, 1.807) is 19.1 Å². The van der Waals surface area contributed by atoms with Gasteiger partial charge in [0.2, 0.25) is 5.91 Å². The number of nitrogens with zero attached hydrogens (tertiary/aromatic N) is 1. The van der Waals surface area contributed by atoms with E-state index in [0.29, 0.717) is 30.9 Å². The molecule has 0 aromatic heterocycles. The molecule has 130 valence electrons. The molecule has 6 nitrogen and oxygen atoms in total. The van der Waals surface area contributed by atoms with Crippen molar-refractivity contribution < 1.29 is 23.7 Å². The third-order valence-corrected chi connectivity index (χ3v) is 4.24. The summed E-state index contributed by atoms with van der Waals surface area (Å²) in [5, 5.41) is 0. The van der Waals surface area contributed by atoms with E-state index in [0.717, 1.165) is 30.8 Å². The van der Waals surface area contributed by atoms with Gasteiger partial charge in [-0.1, -0.05) is 0 Å². The molecule has 1 saturated heterocycles. The van der Waals surface area contributed by atoms with E-state index in [4.69, 9.17) is 18.9 Å². The molecule has 0 bridgehead atoms. The van der Waals surface area contributed by atoms with Crippen molar-refractivity contribution in [3.63, 3.8) is 0 Å². The molecule has 6 heteroatoms. The number of amides is 1. The Morgan fingerprint density at radius 3 is 2.58 bits per heavy atom. The van der Waals surface area contributed by atoms with E-state index >= 15 is 0 Å². The lowest BCUT2D eigenvalue weighted by Gasteiger charge is -2.25. The number of methoxy groups -OCH3 is 2. The molecule has 0 unspecified atom stereocenters. The highest BCUT2D eigenvalue weighted by Gasteiger charge is 2.21. The Balaban J connectivity index is 1.71. The molecule has 0 atom stereocenters. The lowest BCUT2D eigenvalue weighted by Crippen LogP contribution is -2.32. The van der Waals surface area contributed by atoms with Crippen molar-refractivity contribution >= 4 is 12.0 Å². The predicted molar refractivity (Wildman–Crippen MR) is 88.9 cm³/mol. The Kier molecular flexibility index (Phi) is 5.37. The largest absolute Gasteiger partial charge is 0.493 e. The van der Waals surface area contributed by atoms with Gasteiger partial charge in [0.05, 0.1) is 33.9 Å². The normalized spacial score (nSPS) is 18.2. The number of rotatable bonds is 5. The van der Waals surface area contributed by atoms with Crippen LogP contribution in [0.5, 0.6) is 11.5 Å². The molecule has 1 amide bonds. The molecule has 24 heavy (non-hydrogen) atoms. The van der Waals surface area contributed by atoms with Gasteiger partial charge in [0, 0.05) is 19.2 Å². The third kappa shape index (κ3) is 3.71. The minimum Gasteiger partial charge on any atom is -0.493 e. The summed E-state index contributed by atoms with van der Waals surface area (Å²) in [5.41, 5.74) is 1.90. The Morgan fingerprint density at radius 2 is 1.88 bits per heavy atom. The molecule has 0 spiro atoms. The van der Waals surface area contributed by atoms with E-state index in [1.807, 2.05) is 24.4 Å². The van der Waals surface area contributed by atoms with Crippen molar-refractivity contribution in [3.8, 4) is 11.5 Å². The monoisotopic (exact) mass is 333 g/mol. The second-order valence-corrected chi connectivity index (χ2v) is 5.80. The first kappa shape index (κ1) is 16.8. The van der Waals surface area contributed by atoms with Gasteiger partial charge in [0.25, 0.3) is 0 Å². The number of carbonyl (C=O) groups is 1. The highest BCUT2D eigenvalue weighted by molar-refractivity contribution is 5.84. The van der Waals surface area contributed by atoms with Gasteiger partial charge in [0.15, 0.2) is 17.8 Å². The van der Waals surface area contributed by atoms with Gasteiger partial charge in [0.1, 0.15) is 0 Å². The molecule has 0 aliphatic carbocycles. The molecule has 1 fully saturated rings. The standard InChI is InChI=1S/C18H23NO5/c1-21-15-10-13-4-6-19(7-5-18-23-8-3-9-24-18)17(20)12-14(13)11-16(15)22-2/h4,6,10-11,18H,3,5,7-9,12H2,1-2H3. The van der Waals surface area contributed by atoms with Crippen LogP contribution in [0.25, 0.3) is 6.08 Å². The number of fused-ring (bicyclic) bond motifs is 1. The summed E-state index contributed by atoms with van der Waals surface area (Å²) in [6.07, 6.45) is 5.46. The summed E-state index contributed by atoms with van der Waals surface area (Å²) in [6.45, 7) is 2.02. The van der Waals surface area contributed by atoms with Crippen LogP contribution in [-0.4, -0.2) is 51.1 Å². The van der Waals surface area contributed by atoms with Crippen molar-refractivity contribution in [2.45, 2.75) is 25.6 Å². The zero-order valence-electron chi connectivity index (χ0n) is 14.1. The van der Waals surface area contributed by atoms with E-state index in [-0.39, 0.29) is 12.2 Å². The third-order valence-electron chi connectivity index (χ3n) is 4.24. The molecular weight excluding hydrogens is 310 g/mol. The fraction of sp³-hybridized carbons (Fsp3) is 0.500. The number of carbonyl (C=O) groups excluding carboxylic acids is 1. The van der Waals surface area contributed by atoms with Gasteiger partial charge in [-0.15, -0.1) is 0 Å². The zero-order chi connectivity index (χ0) is 16.9. The summed E-state index contributed by atoms with van der Waals surface area (Å²) >= 11 is 0. The van der Waals surface area contributed by atoms with Crippen LogP contribution >= 0.6 is 0 Å². The summed E-state index contributed by atoms with van der Waals surface area (Å²) in [4.78, 5) is 14.2. The van der Waals surface area contributed by atoms with Gasteiger partial charge in [-0.05, 0) is 35.8 Å². The summed E-state index contributed by atoms with van der Waals surface area (Å²) in [7, 11) is 3.20. The number of ether oxygens (including phenoxy) is 4. The minimum absolute atomic E-state index is 0.0491. The second-order valence-electron chi connectivity index (χ2n) is 5.80. The molecule has 0 radical (unpaired) electrons. The van der Waals surface area contributed by atoms with Crippen LogP contribution in [0.1, 0.15) is 24.0 Å².